The number of nitrogens with one attached hydrogen (secondary N) is 1. The second kappa shape index (κ2) is 8.53. The van der Waals surface area contributed by atoms with Crippen LogP contribution in [0.15, 0.2) is 42.5 Å². The molecule has 0 saturated carbocycles. The standard InChI is InChI=1S/C23H21FN6O2/c1-30(2)9-10-32-15-6-3-13(4-7-15)19-17(12-25)21(16-8-5-14(31)11-18(16)24)27-23-20(19)22(26)28-29-23/h3-8,11,31H,9-10H2,1-2H3,(H3,26,27,28,29). The fourth-order valence-corrected chi connectivity index (χ4v) is 3.44. The molecule has 2 aromatic heterocycles. The summed E-state index contributed by atoms with van der Waals surface area (Å²) < 4.78 is 20.4. The molecule has 0 saturated heterocycles. The minimum atomic E-state index is -0.698. The van der Waals surface area contributed by atoms with E-state index in [9.17, 15) is 14.8 Å². The van der Waals surface area contributed by atoms with E-state index in [0.29, 0.717) is 34.5 Å². The number of nitriles is 1. The third-order valence-corrected chi connectivity index (χ3v) is 5.01. The summed E-state index contributed by atoms with van der Waals surface area (Å²) in [6.07, 6.45) is 0. The summed E-state index contributed by atoms with van der Waals surface area (Å²) in [7, 11) is 3.93. The maximum absolute atomic E-state index is 14.6. The predicted octanol–water partition coefficient (Wildman–Crippen LogP) is 3.53. The van der Waals surface area contributed by atoms with Crippen molar-refractivity contribution in [2.45, 2.75) is 0 Å². The molecule has 9 heteroatoms. The van der Waals surface area contributed by atoms with Crippen LogP contribution in [0.2, 0.25) is 0 Å². The summed E-state index contributed by atoms with van der Waals surface area (Å²) in [5.41, 5.74) is 7.93. The number of hydrogen-bond donors (Lipinski definition) is 3. The number of nitrogens with two attached hydrogens (primary N) is 1. The van der Waals surface area contributed by atoms with E-state index in [1.54, 1.807) is 12.1 Å². The van der Waals surface area contributed by atoms with E-state index in [2.05, 4.69) is 21.3 Å². The molecule has 0 atom stereocenters. The zero-order valence-electron chi connectivity index (χ0n) is 17.6. The molecule has 2 heterocycles. The molecule has 0 bridgehead atoms. The van der Waals surface area contributed by atoms with Gasteiger partial charge in [-0.3, -0.25) is 5.10 Å². The molecule has 0 radical (unpaired) electrons. The molecule has 0 fully saturated rings. The molecule has 0 aliphatic heterocycles. The number of phenolic OH excluding ortho intramolecular Hbond substituents is 1. The van der Waals surface area contributed by atoms with Crippen LogP contribution in [0, 0.1) is 17.1 Å². The molecule has 32 heavy (non-hydrogen) atoms. The number of aromatic amines is 1. The van der Waals surface area contributed by atoms with Crippen molar-refractivity contribution in [2.75, 3.05) is 33.0 Å². The van der Waals surface area contributed by atoms with Gasteiger partial charge < -0.3 is 20.5 Å². The topological polar surface area (TPSA) is 124 Å². The highest BCUT2D eigenvalue weighted by atomic mass is 19.1. The first-order valence-electron chi connectivity index (χ1n) is 9.83. The Balaban J connectivity index is 1.87. The molecule has 4 N–H and O–H groups in total. The molecule has 4 aromatic rings. The van der Waals surface area contributed by atoms with Gasteiger partial charge in [-0.2, -0.15) is 10.4 Å². The van der Waals surface area contributed by atoms with Gasteiger partial charge >= 0.3 is 0 Å². The zero-order valence-corrected chi connectivity index (χ0v) is 17.6. The minimum Gasteiger partial charge on any atom is -0.508 e. The Morgan fingerprint density at radius 2 is 1.97 bits per heavy atom. The van der Waals surface area contributed by atoms with E-state index in [-0.39, 0.29) is 28.4 Å². The van der Waals surface area contributed by atoms with Gasteiger partial charge in [-0.15, -0.1) is 0 Å². The van der Waals surface area contributed by atoms with Gasteiger partial charge in [0.2, 0.25) is 0 Å². The number of nitrogens with zero attached hydrogens (tertiary/aromatic N) is 4. The zero-order chi connectivity index (χ0) is 22.8. The van der Waals surface area contributed by atoms with Gasteiger partial charge in [0, 0.05) is 23.7 Å². The summed E-state index contributed by atoms with van der Waals surface area (Å²) in [5.74, 6) is -0.0504. The number of aromatic nitrogens is 3. The van der Waals surface area contributed by atoms with Crippen molar-refractivity contribution in [2.24, 2.45) is 0 Å². The molecule has 2 aromatic carbocycles. The first-order chi connectivity index (χ1) is 15.4. The van der Waals surface area contributed by atoms with Crippen LogP contribution < -0.4 is 10.5 Å². The summed E-state index contributed by atoms with van der Waals surface area (Å²) in [6.45, 7) is 1.31. The summed E-state index contributed by atoms with van der Waals surface area (Å²) >= 11 is 0. The Kier molecular flexibility index (Phi) is 5.62. The van der Waals surface area contributed by atoms with Crippen molar-refractivity contribution in [1.29, 1.82) is 5.26 Å². The van der Waals surface area contributed by atoms with Crippen molar-refractivity contribution < 1.29 is 14.2 Å². The number of anilines is 1. The largest absolute Gasteiger partial charge is 0.508 e. The summed E-state index contributed by atoms with van der Waals surface area (Å²) in [5, 5.41) is 26.8. The average molecular weight is 432 g/mol. The van der Waals surface area contributed by atoms with Crippen LogP contribution in [0.4, 0.5) is 10.2 Å². The molecular formula is C23H21FN6O2. The number of halogens is 1. The molecule has 0 unspecified atom stereocenters. The van der Waals surface area contributed by atoms with Crippen molar-refractivity contribution in [3.63, 3.8) is 0 Å². The highest BCUT2D eigenvalue weighted by Crippen LogP contribution is 2.39. The van der Waals surface area contributed by atoms with Crippen molar-refractivity contribution in [1.82, 2.24) is 20.1 Å². The van der Waals surface area contributed by atoms with E-state index in [0.717, 1.165) is 12.6 Å². The maximum Gasteiger partial charge on any atom is 0.158 e. The number of phenols is 1. The third-order valence-electron chi connectivity index (χ3n) is 5.01. The normalized spacial score (nSPS) is 11.1. The van der Waals surface area contributed by atoms with Crippen LogP contribution in [0.5, 0.6) is 11.5 Å². The van der Waals surface area contributed by atoms with E-state index < -0.39 is 5.82 Å². The molecule has 8 nitrogen and oxygen atoms in total. The average Bonchev–Trinajstić information content (AvgIpc) is 3.13. The van der Waals surface area contributed by atoms with E-state index in [1.807, 2.05) is 31.1 Å². The summed E-state index contributed by atoms with van der Waals surface area (Å²) in [4.78, 5) is 6.44. The Hall–Kier alpha value is -4.16. The number of hydrogen-bond acceptors (Lipinski definition) is 7. The van der Waals surface area contributed by atoms with Crippen molar-refractivity contribution >= 4 is 16.9 Å². The number of rotatable bonds is 6. The minimum absolute atomic E-state index is 0.0827. The van der Waals surface area contributed by atoms with Crippen LogP contribution in [0.1, 0.15) is 5.56 Å². The number of fused-ring (bicyclic) bond motifs is 1. The lowest BCUT2D eigenvalue weighted by molar-refractivity contribution is 0.261. The lowest BCUT2D eigenvalue weighted by Gasteiger charge is -2.14. The smallest absolute Gasteiger partial charge is 0.158 e. The van der Waals surface area contributed by atoms with Crippen LogP contribution in [-0.4, -0.2) is 52.4 Å². The Labute approximate surface area is 183 Å². The molecule has 0 amide bonds. The van der Waals surface area contributed by atoms with Gasteiger partial charge in [0.15, 0.2) is 11.5 Å². The highest BCUT2D eigenvalue weighted by Gasteiger charge is 2.23. The number of nitrogen functional groups attached to an aromatic ring is 1. The fraction of sp³-hybridized carbons (Fsp3) is 0.174. The van der Waals surface area contributed by atoms with E-state index in [4.69, 9.17) is 10.5 Å². The summed E-state index contributed by atoms with van der Waals surface area (Å²) in [6, 6.07) is 13.1. The van der Waals surface area contributed by atoms with E-state index in [1.165, 1.54) is 12.1 Å². The first-order valence-corrected chi connectivity index (χ1v) is 9.83. The Bertz CT molecular complexity index is 1330. The second-order valence-electron chi connectivity index (χ2n) is 7.49. The molecule has 0 aliphatic rings. The van der Waals surface area contributed by atoms with Crippen LogP contribution in [-0.2, 0) is 0 Å². The van der Waals surface area contributed by atoms with Gasteiger partial charge in [-0.25, -0.2) is 9.37 Å². The van der Waals surface area contributed by atoms with Crippen LogP contribution in [0.3, 0.4) is 0 Å². The van der Waals surface area contributed by atoms with E-state index >= 15 is 0 Å². The number of H-pyrrole nitrogens is 1. The van der Waals surface area contributed by atoms with Gasteiger partial charge in [-0.1, -0.05) is 12.1 Å². The first kappa shape index (κ1) is 21.1. The SMILES string of the molecule is CN(C)CCOc1ccc(-c2c(C#N)c(-c3ccc(O)cc3F)nc3[nH]nc(N)c23)cc1. The number of likely N-dealkylation sites (N-methyl/N-ethyl adjacent to an activating group) is 1. The monoisotopic (exact) mass is 432 g/mol. The third kappa shape index (κ3) is 3.91. The molecule has 162 valence electrons. The molecular weight excluding hydrogens is 411 g/mol. The highest BCUT2D eigenvalue weighted by molar-refractivity contribution is 6.04. The fourth-order valence-electron chi connectivity index (χ4n) is 3.44. The lowest BCUT2D eigenvalue weighted by Crippen LogP contribution is -2.19. The number of pyridine rings is 1. The lowest BCUT2D eigenvalue weighted by atomic mass is 9.93. The number of aromatic hydroxyl groups is 1. The number of benzene rings is 2. The quantitative estimate of drug-likeness (QED) is 0.426. The molecule has 4 rings (SSSR count). The van der Waals surface area contributed by atoms with Gasteiger partial charge in [0.1, 0.15) is 30.0 Å². The molecule has 0 spiro atoms. The van der Waals surface area contributed by atoms with Gasteiger partial charge in [-0.05, 0) is 43.9 Å². The van der Waals surface area contributed by atoms with Gasteiger partial charge in [0.05, 0.1) is 16.6 Å². The number of ether oxygens (including phenoxy) is 1. The van der Waals surface area contributed by atoms with Crippen molar-refractivity contribution in [3.8, 4) is 40.0 Å². The second-order valence-corrected chi connectivity index (χ2v) is 7.49. The Morgan fingerprint density at radius 3 is 2.62 bits per heavy atom. The Morgan fingerprint density at radius 1 is 1.22 bits per heavy atom. The van der Waals surface area contributed by atoms with Crippen LogP contribution in [0.25, 0.3) is 33.4 Å². The van der Waals surface area contributed by atoms with Crippen LogP contribution >= 0.6 is 0 Å². The molecule has 0 aliphatic carbocycles. The maximum atomic E-state index is 14.6. The predicted molar refractivity (Wildman–Crippen MR) is 120 cm³/mol. The van der Waals surface area contributed by atoms with Crippen molar-refractivity contribution in [3.05, 3.63) is 53.8 Å². The van der Waals surface area contributed by atoms with Gasteiger partial charge in [0.25, 0.3) is 0 Å².